The van der Waals surface area contributed by atoms with E-state index in [-0.39, 0.29) is 12.3 Å². The molecule has 3 rings (SSSR count). The van der Waals surface area contributed by atoms with Gasteiger partial charge < -0.3 is 4.57 Å². The fourth-order valence-electron chi connectivity index (χ4n) is 2.49. The van der Waals surface area contributed by atoms with Gasteiger partial charge in [-0.15, -0.1) is 0 Å². The van der Waals surface area contributed by atoms with E-state index in [9.17, 15) is 9.18 Å². The van der Waals surface area contributed by atoms with Gasteiger partial charge in [0.1, 0.15) is 5.82 Å². The largest absolute Gasteiger partial charge is 0.336 e. The molecule has 0 bridgehead atoms. The van der Waals surface area contributed by atoms with Gasteiger partial charge in [-0.3, -0.25) is 4.79 Å². The first-order valence-electron chi connectivity index (χ1n) is 6.60. The Kier molecular flexibility index (Phi) is 3.64. The van der Waals surface area contributed by atoms with E-state index < -0.39 is 5.82 Å². The topological polar surface area (TPSA) is 22.0 Å². The quantitative estimate of drug-likeness (QED) is 0.628. The summed E-state index contributed by atoms with van der Waals surface area (Å²) in [4.78, 5) is 12.4. The molecule has 1 heterocycles. The van der Waals surface area contributed by atoms with Crippen molar-refractivity contribution >= 4 is 32.6 Å². The minimum Gasteiger partial charge on any atom is -0.336 e. The van der Waals surface area contributed by atoms with E-state index in [0.717, 1.165) is 21.1 Å². The second kappa shape index (κ2) is 5.45. The fourth-order valence-corrected chi connectivity index (χ4v) is 3.04. The molecular weight excluding hydrogens is 333 g/mol. The molecule has 0 N–H and O–H groups in total. The first-order chi connectivity index (χ1) is 10.1. The maximum atomic E-state index is 13.2. The number of hydrogen-bond acceptors (Lipinski definition) is 1. The molecule has 106 valence electrons. The summed E-state index contributed by atoms with van der Waals surface area (Å²) in [5.74, 6) is -0.498. The zero-order valence-corrected chi connectivity index (χ0v) is 13.0. The number of rotatable bonds is 3. The molecule has 0 unspecified atom stereocenters. The smallest absolute Gasteiger partial charge is 0.182 e. The molecule has 0 aliphatic rings. The van der Waals surface area contributed by atoms with Crippen LogP contribution in [0.25, 0.3) is 10.9 Å². The molecule has 2 nitrogen and oxygen atoms in total. The first-order valence-corrected chi connectivity index (χ1v) is 7.39. The van der Waals surface area contributed by atoms with Gasteiger partial charge in [0.15, 0.2) is 5.78 Å². The molecule has 21 heavy (non-hydrogen) atoms. The number of halogens is 2. The highest BCUT2D eigenvalue weighted by Crippen LogP contribution is 2.30. The van der Waals surface area contributed by atoms with Gasteiger partial charge in [0.05, 0.1) is 6.54 Å². The van der Waals surface area contributed by atoms with Gasteiger partial charge in [0, 0.05) is 26.6 Å². The van der Waals surface area contributed by atoms with Crippen molar-refractivity contribution in [2.45, 2.75) is 13.5 Å². The van der Waals surface area contributed by atoms with Crippen LogP contribution in [-0.4, -0.2) is 10.4 Å². The summed E-state index contributed by atoms with van der Waals surface area (Å²) in [5, 5.41) is 1.07. The van der Waals surface area contributed by atoms with Gasteiger partial charge >= 0.3 is 0 Å². The number of ketones is 1. The maximum absolute atomic E-state index is 13.2. The first kappa shape index (κ1) is 14.0. The molecule has 4 heteroatoms. The lowest BCUT2D eigenvalue weighted by Gasteiger charge is -2.08. The van der Waals surface area contributed by atoms with E-state index in [1.54, 1.807) is 12.1 Å². The van der Waals surface area contributed by atoms with Crippen molar-refractivity contribution in [3.05, 3.63) is 70.1 Å². The van der Waals surface area contributed by atoms with Crippen LogP contribution in [0.15, 0.2) is 53.0 Å². The molecular formula is C17H13BrFNO. The van der Waals surface area contributed by atoms with Crippen LogP contribution in [0.1, 0.15) is 16.1 Å². The standard InChI is InChI=1S/C17H13BrFNO/c1-11-17(18)14-7-2-3-8-15(14)20(11)10-16(21)12-5-4-6-13(19)9-12/h2-9H,10H2,1H3. The van der Waals surface area contributed by atoms with Crippen molar-refractivity contribution in [1.82, 2.24) is 4.57 Å². The minimum absolute atomic E-state index is 0.106. The van der Waals surface area contributed by atoms with Crippen LogP contribution in [0.5, 0.6) is 0 Å². The van der Waals surface area contributed by atoms with Crippen LogP contribution < -0.4 is 0 Å². The van der Waals surface area contributed by atoms with E-state index in [4.69, 9.17) is 0 Å². The van der Waals surface area contributed by atoms with Crippen molar-refractivity contribution in [3.8, 4) is 0 Å². The second-order valence-corrected chi connectivity index (χ2v) is 5.73. The van der Waals surface area contributed by atoms with Gasteiger partial charge in [0.25, 0.3) is 0 Å². The minimum atomic E-state index is -0.392. The maximum Gasteiger partial charge on any atom is 0.182 e. The predicted octanol–water partition coefficient (Wildman–Crippen LogP) is 4.73. The normalized spacial score (nSPS) is 11.0. The predicted molar refractivity (Wildman–Crippen MR) is 85.1 cm³/mol. The summed E-state index contributed by atoms with van der Waals surface area (Å²) in [5.41, 5.74) is 2.37. The van der Waals surface area contributed by atoms with Crippen LogP contribution in [0.4, 0.5) is 4.39 Å². The second-order valence-electron chi connectivity index (χ2n) is 4.94. The Labute approximate surface area is 130 Å². The van der Waals surface area contributed by atoms with Gasteiger partial charge in [0.2, 0.25) is 0 Å². The van der Waals surface area contributed by atoms with Gasteiger partial charge in [-0.25, -0.2) is 4.39 Å². The Bertz CT molecular complexity index is 838. The molecule has 0 saturated heterocycles. The number of benzene rings is 2. The van der Waals surface area contributed by atoms with Gasteiger partial charge in [-0.2, -0.15) is 0 Å². The summed E-state index contributed by atoms with van der Waals surface area (Å²) >= 11 is 3.57. The third-order valence-corrected chi connectivity index (χ3v) is 4.60. The number of para-hydroxylation sites is 1. The Morgan fingerprint density at radius 3 is 2.71 bits per heavy atom. The van der Waals surface area contributed by atoms with Crippen molar-refractivity contribution in [2.75, 3.05) is 0 Å². The molecule has 2 aromatic carbocycles. The highest BCUT2D eigenvalue weighted by molar-refractivity contribution is 9.10. The molecule has 0 aliphatic heterocycles. The van der Waals surface area contributed by atoms with Crippen LogP contribution in [-0.2, 0) is 6.54 Å². The number of nitrogens with zero attached hydrogens (tertiary/aromatic N) is 1. The van der Waals surface area contributed by atoms with Crippen molar-refractivity contribution in [2.24, 2.45) is 0 Å². The van der Waals surface area contributed by atoms with E-state index in [2.05, 4.69) is 15.9 Å². The van der Waals surface area contributed by atoms with Crippen molar-refractivity contribution < 1.29 is 9.18 Å². The molecule has 0 radical (unpaired) electrons. The lowest BCUT2D eigenvalue weighted by molar-refractivity contribution is 0.0972. The number of carbonyl (C=O) groups excluding carboxylic acids is 1. The molecule has 0 spiro atoms. The molecule has 3 aromatic rings. The van der Waals surface area contributed by atoms with Crippen LogP contribution in [0, 0.1) is 12.7 Å². The zero-order valence-electron chi connectivity index (χ0n) is 11.4. The lowest BCUT2D eigenvalue weighted by atomic mass is 10.1. The number of fused-ring (bicyclic) bond motifs is 1. The van der Waals surface area contributed by atoms with E-state index in [0.29, 0.717) is 5.56 Å². The Balaban J connectivity index is 2.02. The third-order valence-electron chi connectivity index (χ3n) is 3.60. The van der Waals surface area contributed by atoms with Crippen LogP contribution >= 0.6 is 15.9 Å². The number of hydrogen-bond donors (Lipinski definition) is 0. The number of carbonyl (C=O) groups is 1. The highest BCUT2D eigenvalue weighted by atomic mass is 79.9. The van der Waals surface area contributed by atoms with Crippen LogP contribution in [0.2, 0.25) is 0 Å². The van der Waals surface area contributed by atoms with E-state index in [1.807, 2.05) is 35.8 Å². The van der Waals surface area contributed by atoms with E-state index in [1.165, 1.54) is 12.1 Å². The monoisotopic (exact) mass is 345 g/mol. The SMILES string of the molecule is Cc1c(Br)c2ccccc2n1CC(=O)c1cccc(F)c1. The summed E-state index contributed by atoms with van der Waals surface area (Å²) in [6, 6.07) is 13.7. The van der Waals surface area contributed by atoms with Crippen molar-refractivity contribution in [1.29, 1.82) is 0 Å². The third kappa shape index (κ3) is 2.51. The molecule has 0 fully saturated rings. The summed E-state index contributed by atoms with van der Waals surface area (Å²) in [6.07, 6.45) is 0. The summed E-state index contributed by atoms with van der Waals surface area (Å²) < 4.78 is 16.2. The summed E-state index contributed by atoms with van der Waals surface area (Å²) in [7, 11) is 0. The average Bonchev–Trinajstić information content (AvgIpc) is 2.73. The lowest BCUT2D eigenvalue weighted by Crippen LogP contribution is -2.11. The Hall–Kier alpha value is -1.94. The van der Waals surface area contributed by atoms with Crippen LogP contribution in [0.3, 0.4) is 0 Å². The molecule has 0 amide bonds. The van der Waals surface area contributed by atoms with Gasteiger partial charge in [-0.1, -0.05) is 30.3 Å². The molecule has 0 saturated carbocycles. The molecule has 0 aliphatic carbocycles. The zero-order chi connectivity index (χ0) is 15.0. The highest BCUT2D eigenvalue weighted by Gasteiger charge is 2.15. The molecule has 1 aromatic heterocycles. The van der Waals surface area contributed by atoms with E-state index >= 15 is 0 Å². The van der Waals surface area contributed by atoms with Gasteiger partial charge in [-0.05, 0) is 41.1 Å². The number of aromatic nitrogens is 1. The average molecular weight is 346 g/mol. The fraction of sp³-hybridized carbons (Fsp3) is 0.118. The number of Topliss-reactive ketones (excluding diaryl/α,β-unsaturated/α-hetero) is 1. The van der Waals surface area contributed by atoms with Crippen molar-refractivity contribution in [3.63, 3.8) is 0 Å². The summed E-state index contributed by atoms with van der Waals surface area (Å²) in [6.45, 7) is 2.16. The Morgan fingerprint density at radius 2 is 1.95 bits per heavy atom. The Morgan fingerprint density at radius 1 is 1.19 bits per heavy atom. The molecule has 0 atom stereocenters.